The zero-order valence-electron chi connectivity index (χ0n) is 22.7. The van der Waals surface area contributed by atoms with Gasteiger partial charge in [-0.05, 0) is 57.2 Å². The fourth-order valence-corrected chi connectivity index (χ4v) is 3.34. The number of carboxylic acids is 1. The molecule has 0 amide bonds. The van der Waals surface area contributed by atoms with Gasteiger partial charge in [0, 0.05) is 25.7 Å². The lowest BCUT2D eigenvalue weighted by Gasteiger charge is -2.29. The summed E-state index contributed by atoms with van der Waals surface area (Å²) in [5, 5.41) is 9.89. The topological polar surface area (TPSA) is 142 Å². The molecule has 0 bridgehead atoms. The van der Waals surface area contributed by atoms with E-state index in [1.807, 2.05) is 27.7 Å². The molecule has 0 aliphatic rings. The summed E-state index contributed by atoms with van der Waals surface area (Å²) in [6.07, 6.45) is -0.711. The Morgan fingerprint density at radius 3 is 1.83 bits per heavy atom. The van der Waals surface area contributed by atoms with Crippen molar-refractivity contribution in [2.75, 3.05) is 0 Å². The van der Waals surface area contributed by atoms with E-state index in [-0.39, 0.29) is 49.0 Å². The minimum Gasteiger partial charge on any atom is -0.480 e. The van der Waals surface area contributed by atoms with Crippen LogP contribution < -0.4 is 15.2 Å². The molecule has 1 unspecified atom stereocenters. The third kappa shape index (κ3) is 10.4. The Morgan fingerprint density at radius 1 is 0.889 bits per heavy atom. The van der Waals surface area contributed by atoms with Crippen LogP contribution in [0.5, 0.6) is 11.5 Å². The number of carbonyl (C=O) groups is 4. The highest BCUT2D eigenvalue weighted by molar-refractivity contribution is 5.80. The van der Waals surface area contributed by atoms with Crippen LogP contribution in [-0.2, 0) is 30.3 Å². The summed E-state index contributed by atoms with van der Waals surface area (Å²) < 4.78 is 16.3. The Labute approximate surface area is 213 Å². The minimum atomic E-state index is -1.77. The second-order valence-electron chi connectivity index (χ2n) is 11.2. The maximum absolute atomic E-state index is 12.3. The highest BCUT2D eigenvalue weighted by atomic mass is 16.6. The number of carbonyl (C=O) groups excluding carboxylic acids is 3. The van der Waals surface area contributed by atoms with Crippen molar-refractivity contribution in [2.45, 2.75) is 92.7 Å². The van der Waals surface area contributed by atoms with Crippen molar-refractivity contribution in [3.63, 3.8) is 0 Å². The van der Waals surface area contributed by atoms with Gasteiger partial charge in [0.05, 0.1) is 5.41 Å². The Kier molecular flexibility index (Phi) is 11.1. The molecule has 0 aromatic heterocycles. The Hall–Kier alpha value is -2.94. The van der Waals surface area contributed by atoms with E-state index in [0.29, 0.717) is 5.56 Å². The highest BCUT2D eigenvalue weighted by Gasteiger charge is 2.38. The van der Waals surface area contributed by atoms with Crippen LogP contribution in [0.4, 0.5) is 0 Å². The maximum Gasteiger partial charge on any atom is 0.324 e. The van der Waals surface area contributed by atoms with Crippen molar-refractivity contribution in [3.05, 3.63) is 23.8 Å². The monoisotopic (exact) mass is 507 g/mol. The molecule has 0 heterocycles. The van der Waals surface area contributed by atoms with Gasteiger partial charge in [0.2, 0.25) is 0 Å². The molecule has 0 aliphatic carbocycles. The molecule has 9 nitrogen and oxygen atoms in total. The van der Waals surface area contributed by atoms with Gasteiger partial charge in [-0.25, -0.2) is 0 Å². The standard InChI is InChI=1S/C27H41NO8/c1-16(2)11-22(29)35-20-10-9-19(13-21(20)36-23(30)12-17(3)4)15-27(28,24(31)32)14-18(5)34-25(33)26(6,7)8/h9-10,13,16-18H,11-12,14-15,28H2,1-8H3,(H,31,32)/t18-,27?/m0/s1. The van der Waals surface area contributed by atoms with E-state index in [9.17, 15) is 24.3 Å². The summed E-state index contributed by atoms with van der Waals surface area (Å²) in [7, 11) is 0. The number of nitrogens with two attached hydrogens (primary N) is 1. The van der Waals surface area contributed by atoms with E-state index in [1.54, 1.807) is 33.8 Å². The second-order valence-corrected chi connectivity index (χ2v) is 11.2. The van der Waals surface area contributed by atoms with Gasteiger partial charge in [-0.3, -0.25) is 19.2 Å². The van der Waals surface area contributed by atoms with Crippen LogP contribution in [0.1, 0.15) is 80.2 Å². The maximum atomic E-state index is 12.3. The van der Waals surface area contributed by atoms with Crippen molar-refractivity contribution in [1.29, 1.82) is 0 Å². The summed E-state index contributed by atoms with van der Waals surface area (Å²) in [6.45, 7) is 14.2. The Morgan fingerprint density at radius 2 is 1.39 bits per heavy atom. The normalized spacial score (nSPS) is 14.2. The Bertz CT molecular complexity index is 948. The molecule has 0 aliphatic heterocycles. The zero-order valence-corrected chi connectivity index (χ0v) is 22.7. The molecule has 0 saturated carbocycles. The average Bonchev–Trinajstić information content (AvgIpc) is 2.67. The number of rotatable bonds is 12. The fourth-order valence-electron chi connectivity index (χ4n) is 3.34. The lowest BCUT2D eigenvalue weighted by Crippen LogP contribution is -2.52. The van der Waals surface area contributed by atoms with E-state index in [0.717, 1.165) is 0 Å². The number of ether oxygens (including phenoxy) is 3. The molecule has 0 saturated heterocycles. The highest BCUT2D eigenvalue weighted by Crippen LogP contribution is 2.32. The van der Waals surface area contributed by atoms with E-state index in [4.69, 9.17) is 19.9 Å². The van der Waals surface area contributed by atoms with Crippen LogP contribution in [0, 0.1) is 17.3 Å². The molecule has 3 N–H and O–H groups in total. The quantitative estimate of drug-likeness (QED) is 0.313. The molecule has 1 aromatic carbocycles. The Balaban J connectivity index is 3.22. The molecule has 9 heteroatoms. The molecular weight excluding hydrogens is 466 g/mol. The lowest BCUT2D eigenvalue weighted by molar-refractivity contribution is -0.160. The summed E-state index contributed by atoms with van der Waals surface area (Å²) in [5.41, 5.74) is 4.20. The molecule has 202 valence electrons. The molecule has 0 spiro atoms. The molecule has 1 aromatic rings. The number of hydrogen-bond donors (Lipinski definition) is 2. The van der Waals surface area contributed by atoms with Crippen LogP contribution in [0.15, 0.2) is 18.2 Å². The molecule has 1 rings (SSSR count). The van der Waals surface area contributed by atoms with Gasteiger partial charge in [-0.2, -0.15) is 0 Å². The third-order valence-electron chi connectivity index (χ3n) is 5.12. The zero-order chi connectivity index (χ0) is 27.8. The van der Waals surface area contributed by atoms with Gasteiger partial charge in [0.15, 0.2) is 11.5 Å². The van der Waals surface area contributed by atoms with Gasteiger partial charge >= 0.3 is 23.9 Å². The van der Waals surface area contributed by atoms with Crippen LogP contribution >= 0.6 is 0 Å². The van der Waals surface area contributed by atoms with Crippen LogP contribution in [0.25, 0.3) is 0 Å². The van der Waals surface area contributed by atoms with E-state index in [1.165, 1.54) is 12.1 Å². The number of hydrogen-bond acceptors (Lipinski definition) is 8. The van der Waals surface area contributed by atoms with Crippen LogP contribution in [0.2, 0.25) is 0 Å². The van der Waals surface area contributed by atoms with Crippen molar-refractivity contribution >= 4 is 23.9 Å². The first-order valence-electron chi connectivity index (χ1n) is 12.2. The fraction of sp³-hybridized carbons (Fsp3) is 0.630. The van der Waals surface area contributed by atoms with Crippen molar-refractivity contribution in [1.82, 2.24) is 0 Å². The van der Waals surface area contributed by atoms with Gasteiger partial charge in [0.25, 0.3) is 0 Å². The predicted molar refractivity (Wildman–Crippen MR) is 135 cm³/mol. The molecule has 2 atom stereocenters. The van der Waals surface area contributed by atoms with Crippen LogP contribution in [0.3, 0.4) is 0 Å². The van der Waals surface area contributed by atoms with E-state index >= 15 is 0 Å². The molecule has 0 fully saturated rings. The molecule has 0 radical (unpaired) electrons. The smallest absolute Gasteiger partial charge is 0.324 e. The summed E-state index contributed by atoms with van der Waals surface area (Å²) in [6, 6.07) is 4.47. The van der Waals surface area contributed by atoms with E-state index < -0.39 is 40.9 Å². The largest absolute Gasteiger partial charge is 0.480 e. The lowest BCUT2D eigenvalue weighted by atomic mass is 9.86. The number of esters is 3. The van der Waals surface area contributed by atoms with Crippen molar-refractivity contribution < 1.29 is 38.5 Å². The SMILES string of the molecule is CC(C)CC(=O)Oc1ccc(CC(N)(C[C@H](C)OC(=O)C(C)(C)C)C(=O)O)cc1OC(=O)CC(C)C. The first-order chi connectivity index (χ1) is 16.4. The van der Waals surface area contributed by atoms with E-state index in [2.05, 4.69) is 0 Å². The van der Waals surface area contributed by atoms with Gasteiger partial charge in [-0.15, -0.1) is 0 Å². The van der Waals surface area contributed by atoms with Crippen molar-refractivity contribution in [3.8, 4) is 11.5 Å². The summed E-state index contributed by atoms with van der Waals surface area (Å²) >= 11 is 0. The molecule has 36 heavy (non-hydrogen) atoms. The third-order valence-corrected chi connectivity index (χ3v) is 5.12. The first-order valence-corrected chi connectivity index (χ1v) is 12.2. The predicted octanol–water partition coefficient (Wildman–Crippen LogP) is 4.28. The average molecular weight is 508 g/mol. The number of carboxylic acid groups (broad SMARTS) is 1. The van der Waals surface area contributed by atoms with Crippen LogP contribution in [-0.4, -0.2) is 40.6 Å². The summed E-state index contributed by atoms with van der Waals surface area (Å²) in [4.78, 5) is 48.9. The van der Waals surface area contributed by atoms with Gasteiger partial charge in [-0.1, -0.05) is 33.8 Å². The van der Waals surface area contributed by atoms with Crippen molar-refractivity contribution in [2.24, 2.45) is 23.0 Å². The van der Waals surface area contributed by atoms with Gasteiger partial charge in [0.1, 0.15) is 11.6 Å². The number of benzene rings is 1. The summed E-state index contributed by atoms with van der Waals surface area (Å²) in [5.74, 6) is -2.53. The molecular formula is C27H41NO8. The minimum absolute atomic E-state index is 0.00945. The van der Waals surface area contributed by atoms with Gasteiger partial charge < -0.3 is 25.1 Å². The second kappa shape index (κ2) is 12.9. The number of aliphatic carboxylic acids is 1. The first kappa shape index (κ1) is 31.1.